The van der Waals surface area contributed by atoms with Gasteiger partial charge in [-0.3, -0.25) is 0 Å². The van der Waals surface area contributed by atoms with Gasteiger partial charge in [0.15, 0.2) is 0 Å². The van der Waals surface area contributed by atoms with E-state index in [9.17, 15) is 0 Å². The Balaban J connectivity index is 1.71. The molecular weight excluding hydrogens is 268 g/mol. The summed E-state index contributed by atoms with van der Waals surface area (Å²) in [7, 11) is 0. The molecule has 1 saturated carbocycles. The molecule has 2 aliphatic rings. The Morgan fingerprint density at radius 1 is 1.25 bits per heavy atom. The first-order chi connectivity index (χ1) is 9.52. The highest BCUT2D eigenvalue weighted by Crippen LogP contribution is 2.33. The molecule has 0 bridgehead atoms. The van der Waals surface area contributed by atoms with Crippen molar-refractivity contribution in [3.05, 3.63) is 5.82 Å². The molecule has 1 unspecified atom stereocenters. The summed E-state index contributed by atoms with van der Waals surface area (Å²) >= 11 is 1.57. The van der Waals surface area contributed by atoms with Crippen molar-refractivity contribution in [2.45, 2.75) is 57.9 Å². The van der Waals surface area contributed by atoms with Crippen LogP contribution in [0.15, 0.2) is 0 Å². The Kier molecular flexibility index (Phi) is 4.00. The number of rotatable bonds is 5. The average molecular weight is 294 g/mol. The second kappa shape index (κ2) is 5.60. The third kappa shape index (κ3) is 3.50. The number of nitrogens with zero attached hydrogens (tertiary/aromatic N) is 3. The predicted molar refractivity (Wildman–Crippen MR) is 84.6 cm³/mol. The summed E-state index contributed by atoms with van der Waals surface area (Å²) < 4.78 is 4.58. The molecule has 3 rings (SSSR count). The lowest BCUT2D eigenvalue weighted by Crippen LogP contribution is -2.38. The maximum atomic E-state index is 4.81. The van der Waals surface area contributed by atoms with Gasteiger partial charge in [0.25, 0.3) is 0 Å². The Labute approximate surface area is 126 Å². The minimum Gasteiger partial charge on any atom is -0.345 e. The first-order valence-electron chi connectivity index (χ1n) is 7.85. The minimum absolute atomic E-state index is 0.0472. The zero-order valence-corrected chi connectivity index (χ0v) is 13.7. The van der Waals surface area contributed by atoms with Gasteiger partial charge in [-0.1, -0.05) is 20.8 Å². The van der Waals surface area contributed by atoms with Crippen LogP contribution in [0.3, 0.4) is 0 Å². The van der Waals surface area contributed by atoms with E-state index < -0.39 is 0 Å². The number of anilines is 1. The van der Waals surface area contributed by atoms with Crippen molar-refractivity contribution in [3.63, 3.8) is 0 Å². The summed E-state index contributed by atoms with van der Waals surface area (Å²) in [4.78, 5) is 7.29. The zero-order valence-electron chi connectivity index (χ0n) is 12.9. The van der Waals surface area contributed by atoms with E-state index in [4.69, 9.17) is 4.98 Å². The molecule has 2 heterocycles. The van der Waals surface area contributed by atoms with Gasteiger partial charge < -0.3 is 10.2 Å². The summed E-state index contributed by atoms with van der Waals surface area (Å²) in [5.41, 5.74) is 0.0472. The molecule has 1 aliphatic carbocycles. The van der Waals surface area contributed by atoms with Crippen molar-refractivity contribution in [2.75, 3.05) is 24.5 Å². The van der Waals surface area contributed by atoms with Crippen molar-refractivity contribution < 1.29 is 0 Å². The maximum Gasteiger partial charge on any atom is 0.205 e. The summed E-state index contributed by atoms with van der Waals surface area (Å²) in [6.07, 6.45) is 5.39. The maximum absolute atomic E-state index is 4.81. The molecule has 20 heavy (non-hydrogen) atoms. The summed E-state index contributed by atoms with van der Waals surface area (Å²) in [6, 6.07) is 0.635. The van der Waals surface area contributed by atoms with Crippen LogP contribution in [0.4, 0.5) is 5.13 Å². The second-order valence-electron chi connectivity index (χ2n) is 7.29. The largest absolute Gasteiger partial charge is 0.345 e. The van der Waals surface area contributed by atoms with E-state index in [0.717, 1.165) is 30.0 Å². The van der Waals surface area contributed by atoms with Crippen LogP contribution in [-0.4, -0.2) is 35.0 Å². The molecule has 2 fully saturated rings. The Hall–Kier alpha value is -0.680. The fraction of sp³-hybridized carbons (Fsp3) is 0.867. The molecule has 0 spiro atoms. The fourth-order valence-corrected chi connectivity index (χ4v) is 3.54. The lowest BCUT2D eigenvalue weighted by Gasteiger charge is -2.25. The molecule has 0 aromatic carbocycles. The van der Waals surface area contributed by atoms with E-state index in [0.29, 0.717) is 6.04 Å². The summed E-state index contributed by atoms with van der Waals surface area (Å²) in [6.45, 7) is 9.98. The highest BCUT2D eigenvalue weighted by Gasteiger charge is 2.29. The molecule has 1 atom stereocenters. The van der Waals surface area contributed by atoms with Crippen LogP contribution in [0.1, 0.15) is 52.3 Å². The van der Waals surface area contributed by atoms with Gasteiger partial charge in [-0.2, -0.15) is 4.37 Å². The third-order valence-corrected chi connectivity index (χ3v) is 4.91. The van der Waals surface area contributed by atoms with Crippen molar-refractivity contribution in [1.82, 2.24) is 14.7 Å². The van der Waals surface area contributed by atoms with Gasteiger partial charge in [-0.25, -0.2) is 4.98 Å². The van der Waals surface area contributed by atoms with Crippen LogP contribution < -0.4 is 10.2 Å². The number of aromatic nitrogens is 2. The van der Waals surface area contributed by atoms with Crippen LogP contribution in [0.25, 0.3) is 0 Å². The smallest absolute Gasteiger partial charge is 0.205 e. The predicted octanol–water partition coefficient (Wildman–Crippen LogP) is 2.80. The van der Waals surface area contributed by atoms with Gasteiger partial charge >= 0.3 is 0 Å². The average Bonchev–Trinajstić information content (AvgIpc) is 2.89. The van der Waals surface area contributed by atoms with E-state index >= 15 is 0 Å². The third-order valence-electron chi connectivity index (χ3n) is 4.14. The van der Waals surface area contributed by atoms with Crippen LogP contribution in [-0.2, 0) is 5.41 Å². The van der Waals surface area contributed by atoms with E-state index in [1.165, 1.54) is 32.2 Å². The molecule has 0 radical (unpaired) electrons. The molecule has 1 N–H and O–H groups in total. The van der Waals surface area contributed by atoms with E-state index in [2.05, 4.69) is 35.4 Å². The van der Waals surface area contributed by atoms with Crippen LogP contribution in [0.5, 0.6) is 0 Å². The minimum atomic E-state index is 0.0472. The summed E-state index contributed by atoms with van der Waals surface area (Å²) in [5, 5.41) is 4.72. The molecule has 1 aromatic rings. The topological polar surface area (TPSA) is 41.1 Å². The highest BCUT2D eigenvalue weighted by molar-refractivity contribution is 7.09. The Bertz CT molecular complexity index is 441. The molecule has 0 amide bonds. The highest BCUT2D eigenvalue weighted by atomic mass is 32.1. The molecule has 5 heteroatoms. The van der Waals surface area contributed by atoms with Crippen molar-refractivity contribution in [2.24, 2.45) is 5.92 Å². The van der Waals surface area contributed by atoms with Gasteiger partial charge in [-0.05, 0) is 38.1 Å². The van der Waals surface area contributed by atoms with E-state index in [1.54, 1.807) is 11.5 Å². The van der Waals surface area contributed by atoms with Crippen molar-refractivity contribution in [3.8, 4) is 0 Å². The molecule has 4 nitrogen and oxygen atoms in total. The lowest BCUT2D eigenvalue weighted by molar-refractivity contribution is 0.548. The number of hydrogen-bond acceptors (Lipinski definition) is 5. The van der Waals surface area contributed by atoms with E-state index in [-0.39, 0.29) is 5.41 Å². The molecule has 1 aliphatic heterocycles. The number of hydrogen-bond donors (Lipinski definition) is 1. The molecule has 1 saturated heterocycles. The Morgan fingerprint density at radius 3 is 2.60 bits per heavy atom. The zero-order chi connectivity index (χ0) is 14.2. The van der Waals surface area contributed by atoms with Gasteiger partial charge in [0.05, 0.1) is 0 Å². The van der Waals surface area contributed by atoms with Crippen LogP contribution in [0, 0.1) is 5.92 Å². The standard InChI is InChI=1S/C15H26N4S/c1-15(2,3)13-17-14(20-18-13)19(9-11-6-7-11)10-12-5-4-8-16-12/h11-12,16H,4-10H2,1-3H3. The van der Waals surface area contributed by atoms with Crippen LogP contribution >= 0.6 is 11.5 Å². The summed E-state index contributed by atoms with van der Waals surface area (Å²) in [5.74, 6) is 1.87. The number of nitrogens with one attached hydrogen (secondary N) is 1. The van der Waals surface area contributed by atoms with E-state index in [1.807, 2.05) is 0 Å². The normalized spacial score (nSPS) is 23.2. The lowest BCUT2D eigenvalue weighted by atomic mass is 9.96. The van der Waals surface area contributed by atoms with Gasteiger partial charge in [0.2, 0.25) is 5.13 Å². The molecular formula is C15H26N4S. The van der Waals surface area contributed by atoms with Gasteiger partial charge in [0, 0.05) is 36.1 Å². The van der Waals surface area contributed by atoms with Crippen LogP contribution in [0.2, 0.25) is 0 Å². The van der Waals surface area contributed by atoms with Gasteiger partial charge in [0.1, 0.15) is 5.82 Å². The quantitative estimate of drug-likeness (QED) is 0.906. The first-order valence-corrected chi connectivity index (χ1v) is 8.62. The Morgan fingerprint density at radius 2 is 2.05 bits per heavy atom. The molecule has 1 aromatic heterocycles. The second-order valence-corrected chi connectivity index (χ2v) is 8.02. The monoisotopic (exact) mass is 294 g/mol. The first kappa shape index (κ1) is 14.3. The van der Waals surface area contributed by atoms with Crippen molar-refractivity contribution in [1.29, 1.82) is 0 Å². The molecule has 112 valence electrons. The SMILES string of the molecule is CC(C)(C)c1nsc(N(CC2CC2)CC2CCCN2)n1. The fourth-order valence-electron chi connectivity index (χ4n) is 2.67. The van der Waals surface area contributed by atoms with Crippen molar-refractivity contribution >= 4 is 16.7 Å². The van der Waals surface area contributed by atoms with Gasteiger partial charge in [-0.15, -0.1) is 0 Å².